The minimum absolute atomic E-state index is 0.607. The number of hydrogen-bond donors (Lipinski definition) is 1. The van der Waals surface area contributed by atoms with Crippen LogP contribution in [0.3, 0.4) is 0 Å². The quantitative estimate of drug-likeness (QED) is 0.537. The minimum atomic E-state index is 0.607. The fraction of sp³-hybridized carbons (Fsp3) is 0.393. The van der Waals surface area contributed by atoms with Gasteiger partial charge in [0.05, 0.1) is 5.69 Å². The molecule has 6 rings (SSSR count). The standard InChI is InChI=1S/C28H31N3/c1-20-4-6-22(7-5-20)27-26(21-8-13-29-14-9-21)25(18-30-27)23-10-15-31-19-28(11-2-3-12-28)17-24(31)16-23/h4-9,13-14,16,18,24,30H,2-3,10-12,15,17,19H2,1H3. The Balaban J connectivity index is 1.42. The highest BCUT2D eigenvalue weighted by molar-refractivity contribution is 5.91. The number of H-pyrrole nitrogens is 1. The van der Waals surface area contributed by atoms with Gasteiger partial charge in [0.1, 0.15) is 0 Å². The van der Waals surface area contributed by atoms with Gasteiger partial charge >= 0.3 is 0 Å². The van der Waals surface area contributed by atoms with Gasteiger partial charge in [-0.2, -0.15) is 0 Å². The highest BCUT2D eigenvalue weighted by atomic mass is 15.2. The van der Waals surface area contributed by atoms with Crippen LogP contribution in [0, 0.1) is 12.3 Å². The van der Waals surface area contributed by atoms with Crippen LogP contribution in [-0.2, 0) is 0 Å². The largest absolute Gasteiger partial charge is 0.360 e. The van der Waals surface area contributed by atoms with Gasteiger partial charge in [-0.25, -0.2) is 0 Å². The maximum atomic E-state index is 4.26. The third-order valence-electron chi connectivity index (χ3n) is 7.91. The average Bonchev–Trinajstić information content (AvgIpc) is 3.52. The molecule has 0 amide bonds. The lowest BCUT2D eigenvalue weighted by molar-refractivity contribution is 0.248. The highest BCUT2D eigenvalue weighted by Gasteiger charge is 2.45. The first-order chi connectivity index (χ1) is 15.2. The summed E-state index contributed by atoms with van der Waals surface area (Å²) in [6.07, 6.45) is 16.9. The first-order valence-corrected chi connectivity index (χ1v) is 11.8. The van der Waals surface area contributed by atoms with E-state index < -0.39 is 0 Å². The van der Waals surface area contributed by atoms with Crippen LogP contribution in [0.4, 0.5) is 0 Å². The fourth-order valence-corrected chi connectivity index (χ4v) is 6.33. The van der Waals surface area contributed by atoms with Crippen LogP contribution in [0.15, 0.2) is 61.1 Å². The van der Waals surface area contributed by atoms with E-state index in [2.05, 4.69) is 70.5 Å². The van der Waals surface area contributed by atoms with Crippen LogP contribution in [0.25, 0.3) is 28.0 Å². The predicted molar refractivity (Wildman–Crippen MR) is 128 cm³/mol. The predicted octanol–water partition coefficient (Wildman–Crippen LogP) is 6.47. The summed E-state index contributed by atoms with van der Waals surface area (Å²) >= 11 is 0. The first-order valence-electron chi connectivity index (χ1n) is 11.8. The normalized spacial score (nSPS) is 22.6. The number of rotatable bonds is 3. The number of aromatic nitrogens is 2. The topological polar surface area (TPSA) is 31.9 Å². The summed E-state index contributed by atoms with van der Waals surface area (Å²) < 4.78 is 0. The van der Waals surface area contributed by atoms with Crippen LogP contribution in [-0.4, -0.2) is 34.0 Å². The molecule has 0 radical (unpaired) electrons. The van der Waals surface area contributed by atoms with Gasteiger partial charge < -0.3 is 4.98 Å². The lowest BCUT2D eigenvalue weighted by atomic mass is 9.83. The SMILES string of the molecule is Cc1ccc(-c2[nH]cc(C3=CC4CC5(CCCC5)CN4CC3)c2-c2ccncc2)cc1. The van der Waals surface area contributed by atoms with Gasteiger partial charge in [0.15, 0.2) is 0 Å². The third kappa shape index (κ3) is 3.36. The smallest absolute Gasteiger partial charge is 0.0539 e. The molecule has 3 aromatic rings. The molecule has 1 saturated heterocycles. The van der Waals surface area contributed by atoms with E-state index in [1.54, 1.807) is 0 Å². The molecule has 1 aliphatic carbocycles. The second-order valence-electron chi connectivity index (χ2n) is 9.95. The summed E-state index contributed by atoms with van der Waals surface area (Å²) in [5.74, 6) is 0. The van der Waals surface area contributed by atoms with Gasteiger partial charge in [-0.3, -0.25) is 9.88 Å². The molecule has 1 saturated carbocycles. The number of hydrogen-bond acceptors (Lipinski definition) is 2. The van der Waals surface area contributed by atoms with Crippen LogP contribution >= 0.6 is 0 Å². The summed E-state index contributed by atoms with van der Waals surface area (Å²) in [6, 6.07) is 13.8. The zero-order valence-electron chi connectivity index (χ0n) is 18.4. The second-order valence-corrected chi connectivity index (χ2v) is 9.95. The number of nitrogens with one attached hydrogen (secondary N) is 1. The number of nitrogens with zero attached hydrogens (tertiary/aromatic N) is 2. The molecule has 3 aliphatic rings. The molecular formula is C28H31N3. The molecule has 158 valence electrons. The molecule has 2 aliphatic heterocycles. The van der Waals surface area contributed by atoms with Crippen molar-refractivity contribution >= 4 is 5.57 Å². The monoisotopic (exact) mass is 409 g/mol. The Morgan fingerprint density at radius 2 is 1.77 bits per heavy atom. The Morgan fingerprint density at radius 1 is 1.00 bits per heavy atom. The van der Waals surface area contributed by atoms with E-state index in [9.17, 15) is 0 Å². The van der Waals surface area contributed by atoms with Crippen molar-refractivity contribution in [2.45, 2.75) is 51.5 Å². The van der Waals surface area contributed by atoms with Gasteiger partial charge in [0.2, 0.25) is 0 Å². The molecule has 1 aromatic carbocycles. The maximum Gasteiger partial charge on any atom is 0.0539 e. The molecule has 1 unspecified atom stereocenters. The van der Waals surface area contributed by atoms with Gasteiger partial charge in [0.25, 0.3) is 0 Å². The molecule has 1 atom stereocenters. The van der Waals surface area contributed by atoms with E-state index in [1.165, 1.54) is 84.3 Å². The Bertz CT molecular complexity index is 1100. The lowest BCUT2D eigenvalue weighted by Crippen LogP contribution is -2.33. The van der Waals surface area contributed by atoms with Crippen LogP contribution < -0.4 is 0 Å². The number of aromatic amines is 1. The summed E-state index contributed by atoms with van der Waals surface area (Å²) in [5, 5.41) is 0. The Kier molecular flexibility index (Phi) is 4.61. The number of fused-ring (bicyclic) bond motifs is 1. The van der Waals surface area contributed by atoms with Crippen LogP contribution in [0.5, 0.6) is 0 Å². The molecule has 2 aromatic heterocycles. The summed E-state index contributed by atoms with van der Waals surface area (Å²) in [7, 11) is 0. The molecule has 1 spiro atoms. The van der Waals surface area contributed by atoms with Crippen molar-refractivity contribution in [3.05, 3.63) is 72.2 Å². The lowest BCUT2D eigenvalue weighted by Gasteiger charge is -2.29. The van der Waals surface area contributed by atoms with Gasteiger partial charge in [0, 0.05) is 48.8 Å². The van der Waals surface area contributed by atoms with E-state index in [4.69, 9.17) is 0 Å². The third-order valence-corrected chi connectivity index (χ3v) is 7.91. The Labute approximate surface area is 185 Å². The van der Waals surface area contributed by atoms with Crippen LogP contribution in [0.1, 0.15) is 49.7 Å². The molecule has 3 heteroatoms. The zero-order chi connectivity index (χ0) is 20.8. The number of benzene rings is 1. The molecule has 1 N–H and O–H groups in total. The molecule has 2 fully saturated rings. The fourth-order valence-electron chi connectivity index (χ4n) is 6.33. The van der Waals surface area contributed by atoms with Crippen molar-refractivity contribution in [2.24, 2.45) is 5.41 Å². The highest BCUT2D eigenvalue weighted by Crippen LogP contribution is 2.50. The molecule has 31 heavy (non-hydrogen) atoms. The van der Waals surface area contributed by atoms with Crippen LogP contribution in [0.2, 0.25) is 0 Å². The Hall–Kier alpha value is -2.65. The molecule has 4 heterocycles. The summed E-state index contributed by atoms with van der Waals surface area (Å²) in [4.78, 5) is 10.7. The minimum Gasteiger partial charge on any atom is -0.360 e. The van der Waals surface area contributed by atoms with E-state index in [-0.39, 0.29) is 0 Å². The van der Waals surface area contributed by atoms with Crippen molar-refractivity contribution in [3.8, 4) is 22.4 Å². The zero-order valence-corrected chi connectivity index (χ0v) is 18.4. The molecular weight excluding hydrogens is 378 g/mol. The summed E-state index contributed by atoms with van der Waals surface area (Å²) in [5.41, 5.74) is 9.79. The van der Waals surface area contributed by atoms with Crippen molar-refractivity contribution in [3.63, 3.8) is 0 Å². The van der Waals surface area contributed by atoms with Gasteiger partial charge in [-0.15, -0.1) is 0 Å². The average molecular weight is 410 g/mol. The molecule has 3 nitrogen and oxygen atoms in total. The van der Waals surface area contributed by atoms with E-state index in [0.29, 0.717) is 11.5 Å². The van der Waals surface area contributed by atoms with Gasteiger partial charge in [-0.05, 0) is 66.9 Å². The van der Waals surface area contributed by atoms with Crippen molar-refractivity contribution in [2.75, 3.05) is 13.1 Å². The van der Waals surface area contributed by atoms with Crippen molar-refractivity contribution in [1.29, 1.82) is 0 Å². The van der Waals surface area contributed by atoms with Crippen molar-refractivity contribution < 1.29 is 0 Å². The number of aryl methyl sites for hydroxylation is 1. The first kappa shape index (κ1) is 19.1. The maximum absolute atomic E-state index is 4.26. The van der Waals surface area contributed by atoms with E-state index in [1.807, 2.05) is 12.4 Å². The summed E-state index contributed by atoms with van der Waals surface area (Å²) in [6.45, 7) is 4.66. The molecule has 0 bridgehead atoms. The Morgan fingerprint density at radius 3 is 2.55 bits per heavy atom. The van der Waals surface area contributed by atoms with Crippen molar-refractivity contribution in [1.82, 2.24) is 14.9 Å². The van der Waals surface area contributed by atoms with E-state index >= 15 is 0 Å². The number of pyridine rings is 1. The van der Waals surface area contributed by atoms with E-state index in [0.717, 1.165) is 6.42 Å². The second kappa shape index (κ2) is 7.49. The van der Waals surface area contributed by atoms with Gasteiger partial charge in [-0.1, -0.05) is 48.7 Å².